The maximum absolute atomic E-state index is 13.0. The van der Waals surface area contributed by atoms with Gasteiger partial charge in [0.2, 0.25) is 5.76 Å². The van der Waals surface area contributed by atoms with Crippen LogP contribution in [0.3, 0.4) is 0 Å². The topological polar surface area (TPSA) is 26.0 Å². The summed E-state index contributed by atoms with van der Waals surface area (Å²) in [5.74, 6) is -0.269. The van der Waals surface area contributed by atoms with E-state index in [0.29, 0.717) is 5.56 Å². The molecule has 1 aromatic carbocycles. The molecule has 0 bridgehead atoms. The van der Waals surface area contributed by atoms with Crippen molar-refractivity contribution in [1.29, 1.82) is 0 Å². The highest BCUT2D eigenvalue weighted by Gasteiger charge is 2.09. The molecule has 1 aromatic heterocycles. The maximum Gasteiger partial charge on any atom is 0.202 e. The molecule has 0 N–H and O–H groups in total. The van der Waals surface area contributed by atoms with E-state index in [1.807, 2.05) is 12.1 Å². The first-order valence-corrected chi connectivity index (χ1v) is 4.43. The maximum atomic E-state index is 13.0. The predicted molar refractivity (Wildman–Crippen MR) is 49.6 cm³/mol. The summed E-state index contributed by atoms with van der Waals surface area (Å²) in [7, 11) is 0. The Balaban J connectivity index is 2.47. The second kappa shape index (κ2) is 3.30. The average molecular weight is 242 g/mol. The first kappa shape index (κ1) is 8.44. The van der Waals surface area contributed by atoms with Crippen molar-refractivity contribution in [1.82, 2.24) is 5.16 Å². The van der Waals surface area contributed by atoms with Crippen LogP contribution in [0, 0.1) is 5.82 Å². The fraction of sp³-hybridized carbons (Fsp3) is 0. The molecular weight excluding hydrogens is 237 g/mol. The van der Waals surface area contributed by atoms with Gasteiger partial charge in [-0.25, -0.2) is 4.39 Å². The Labute approximate surface area is 82.5 Å². The van der Waals surface area contributed by atoms with Crippen LogP contribution in [0.1, 0.15) is 0 Å². The van der Waals surface area contributed by atoms with Crippen LogP contribution >= 0.6 is 15.9 Å². The Kier molecular flexibility index (Phi) is 2.14. The van der Waals surface area contributed by atoms with E-state index in [9.17, 15) is 4.39 Å². The predicted octanol–water partition coefficient (Wildman–Crippen LogP) is 3.24. The SMILES string of the molecule is Fc1cnoc1-c1ccc(Br)cc1. The molecule has 1 heterocycles. The van der Waals surface area contributed by atoms with E-state index in [1.54, 1.807) is 12.1 Å². The van der Waals surface area contributed by atoms with Gasteiger partial charge < -0.3 is 4.52 Å². The van der Waals surface area contributed by atoms with Gasteiger partial charge in [-0.3, -0.25) is 0 Å². The van der Waals surface area contributed by atoms with Crippen molar-refractivity contribution < 1.29 is 8.91 Å². The number of aromatic nitrogens is 1. The molecule has 0 aliphatic carbocycles. The first-order chi connectivity index (χ1) is 6.27. The van der Waals surface area contributed by atoms with Gasteiger partial charge >= 0.3 is 0 Å². The van der Waals surface area contributed by atoms with E-state index in [1.165, 1.54) is 0 Å². The number of halogens is 2. The second-order valence-electron chi connectivity index (χ2n) is 2.51. The number of nitrogens with zero attached hydrogens (tertiary/aromatic N) is 1. The molecular formula is C9H5BrFNO. The number of hydrogen-bond acceptors (Lipinski definition) is 2. The van der Waals surface area contributed by atoms with Gasteiger partial charge in [0.05, 0.1) is 0 Å². The van der Waals surface area contributed by atoms with Crippen molar-refractivity contribution in [3.63, 3.8) is 0 Å². The van der Waals surface area contributed by atoms with E-state index in [0.717, 1.165) is 10.7 Å². The molecule has 2 aromatic rings. The van der Waals surface area contributed by atoms with Crippen LogP contribution in [0.25, 0.3) is 11.3 Å². The zero-order chi connectivity index (χ0) is 9.26. The zero-order valence-electron chi connectivity index (χ0n) is 6.50. The lowest BCUT2D eigenvalue weighted by Gasteiger charge is -1.95. The number of rotatable bonds is 1. The lowest BCUT2D eigenvalue weighted by atomic mass is 10.2. The third-order valence-corrected chi connectivity index (χ3v) is 2.16. The molecule has 0 aliphatic rings. The summed E-state index contributed by atoms with van der Waals surface area (Å²) >= 11 is 3.29. The highest BCUT2D eigenvalue weighted by atomic mass is 79.9. The molecule has 0 aliphatic heterocycles. The van der Waals surface area contributed by atoms with Gasteiger partial charge in [-0.2, -0.15) is 0 Å². The summed E-state index contributed by atoms with van der Waals surface area (Å²) in [6.45, 7) is 0. The van der Waals surface area contributed by atoms with Gasteiger partial charge in [0.1, 0.15) is 6.20 Å². The van der Waals surface area contributed by atoms with Crippen LogP contribution in [-0.2, 0) is 0 Å². The van der Waals surface area contributed by atoms with Gasteiger partial charge in [-0.05, 0) is 24.3 Å². The minimum atomic E-state index is -0.442. The van der Waals surface area contributed by atoms with Gasteiger partial charge in [0.15, 0.2) is 5.82 Å². The van der Waals surface area contributed by atoms with Crippen molar-refractivity contribution >= 4 is 15.9 Å². The molecule has 2 rings (SSSR count). The van der Waals surface area contributed by atoms with Gasteiger partial charge in [0.25, 0.3) is 0 Å². The Bertz CT molecular complexity index is 410. The zero-order valence-corrected chi connectivity index (χ0v) is 8.08. The standard InChI is InChI=1S/C9H5BrFNO/c10-7-3-1-6(2-4-7)9-8(11)5-12-13-9/h1-5H. The van der Waals surface area contributed by atoms with Crippen LogP contribution < -0.4 is 0 Å². The van der Waals surface area contributed by atoms with Crippen molar-refractivity contribution in [2.75, 3.05) is 0 Å². The molecule has 66 valence electrons. The lowest BCUT2D eigenvalue weighted by Crippen LogP contribution is -1.76. The van der Waals surface area contributed by atoms with Crippen LogP contribution in [0.5, 0.6) is 0 Å². The molecule has 4 heteroatoms. The fourth-order valence-electron chi connectivity index (χ4n) is 1.02. The van der Waals surface area contributed by atoms with Crippen molar-refractivity contribution in [2.24, 2.45) is 0 Å². The van der Waals surface area contributed by atoms with Crippen LogP contribution in [0.2, 0.25) is 0 Å². The summed E-state index contributed by atoms with van der Waals surface area (Å²) in [6, 6.07) is 7.15. The van der Waals surface area contributed by atoms with Crippen molar-refractivity contribution in [2.45, 2.75) is 0 Å². The molecule has 0 fully saturated rings. The quantitative estimate of drug-likeness (QED) is 0.767. The summed E-state index contributed by atoms with van der Waals surface area (Å²) in [5, 5.41) is 3.36. The molecule has 13 heavy (non-hydrogen) atoms. The smallest absolute Gasteiger partial charge is 0.202 e. The minimum absolute atomic E-state index is 0.174. The highest BCUT2D eigenvalue weighted by molar-refractivity contribution is 9.10. The van der Waals surface area contributed by atoms with Crippen LogP contribution in [-0.4, -0.2) is 5.16 Å². The van der Waals surface area contributed by atoms with E-state index in [-0.39, 0.29) is 5.76 Å². The second-order valence-corrected chi connectivity index (χ2v) is 3.43. The molecule has 0 radical (unpaired) electrons. The Hall–Kier alpha value is -1.16. The summed E-state index contributed by atoms with van der Waals surface area (Å²) in [5.41, 5.74) is 0.679. The summed E-state index contributed by atoms with van der Waals surface area (Å²) in [6.07, 6.45) is 1.05. The molecule has 0 saturated heterocycles. The monoisotopic (exact) mass is 241 g/mol. The minimum Gasteiger partial charge on any atom is -0.353 e. The van der Waals surface area contributed by atoms with E-state index < -0.39 is 5.82 Å². The van der Waals surface area contributed by atoms with Crippen LogP contribution in [0.4, 0.5) is 4.39 Å². The number of benzene rings is 1. The van der Waals surface area contributed by atoms with Crippen molar-refractivity contribution in [3.8, 4) is 11.3 Å². The molecule has 0 unspecified atom stereocenters. The Morgan fingerprint density at radius 3 is 2.46 bits per heavy atom. The average Bonchev–Trinajstić information content (AvgIpc) is 2.53. The third kappa shape index (κ3) is 1.62. The molecule has 0 saturated carbocycles. The largest absolute Gasteiger partial charge is 0.353 e. The highest BCUT2D eigenvalue weighted by Crippen LogP contribution is 2.23. The lowest BCUT2D eigenvalue weighted by molar-refractivity contribution is 0.428. The van der Waals surface area contributed by atoms with E-state index in [4.69, 9.17) is 4.52 Å². The third-order valence-electron chi connectivity index (χ3n) is 1.63. The Morgan fingerprint density at radius 1 is 1.23 bits per heavy atom. The first-order valence-electron chi connectivity index (χ1n) is 3.63. The van der Waals surface area contributed by atoms with Gasteiger partial charge in [-0.1, -0.05) is 21.1 Å². The van der Waals surface area contributed by atoms with Crippen LogP contribution in [0.15, 0.2) is 39.5 Å². The molecule has 0 amide bonds. The summed E-state index contributed by atoms with van der Waals surface area (Å²) < 4.78 is 18.7. The number of hydrogen-bond donors (Lipinski definition) is 0. The molecule has 2 nitrogen and oxygen atoms in total. The van der Waals surface area contributed by atoms with E-state index >= 15 is 0 Å². The fourth-order valence-corrected chi connectivity index (χ4v) is 1.28. The van der Waals surface area contributed by atoms with Crippen molar-refractivity contribution in [3.05, 3.63) is 40.8 Å². The summed E-state index contributed by atoms with van der Waals surface area (Å²) in [4.78, 5) is 0. The Morgan fingerprint density at radius 2 is 1.92 bits per heavy atom. The molecule has 0 atom stereocenters. The van der Waals surface area contributed by atoms with E-state index in [2.05, 4.69) is 21.1 Å². The molecule has 0 spiro atoms. The normalized spacial score (nSPS) is 10.3. The van der Waals surface area contributed by atoms with Gasteiger partial charge in [0, 0.05) is 10.0 Å². The van der Waals surface area contributed by atoms with Gasteiger partial charge in [-0.15, -0.1) is 0 Å².